The van der Waals surface area contributed by atoms with Gasteiger partial charge in [0, 0.05) is 39.4 Å². The molecule has 0 bridgehead atoms. The van der Waals surface area contributed by atoms with E-state index in [1.807, 2.05) is 30.0 Å². The molecule has 1 spiro atoms. The highest BCUT2D eigenvalue weighted by atomic mass is 19.1. The van der Waals surface area contributed by atoms with Gasteiger partial charge in [0.05, 0.1) is 19.8 Å². The summed E-state index contributed by atoms with van der Waals surface area (Å²) in [5.74, 6) is -1.20. The molecule has 0 unspecified atom stereocenters. The van der Waals surface area contributed by atoms with Crippen LogP contribution in [0, 0.1) is 11.2 Å². The summed E-state index contributed by atoms with van der Waals surface area (Å²) in [6.07, 6.45) is 3.53. The van der Waals surface area contributed by atoms with Crippen LogP contribution in [-0.2, 0) is 0 Å². The molecule has 0 saturated carbocycles. The van der Waals surface area contributed by atoms with Crippen LogP contribution in [0.5, 0.6) is 11.5 Å². The minimum atomic E-state index is -1.67. The second kappa shape index (κ2) is 10.1. The van der Waals surface area contributed by atoms with Gasteiger partial charge >= 0.3 is 0 Å². The Morgan fingerprint density at radius 3 is 2.26 bits per heavy atom. The van der Waals surface area contributed by atoms with E-state index >= 15 is 0 Å². The lowest BCUT2D eigenvalue weighted by molar-refractivity contribution is 0.0664. The number of fused-ring (bicyclic) bond motifs is 5. The van der Waals surface area contributed by atoms with Gasteiger partial charge < -0.3 is 14.4 Å². The third-order valence-electron chi connectivity index (χ3n) is 8.96. The maximum Gasteiger partial charge on any atom is 0.185 e. The number of hydrogen-bond acceptors (Lipinski definition) is 6. The minimum Gasteiger partial charge on any atom is -0.497 e. The molecule has 3 atom stereocenters. The highest BCUT2D eigenvalue weighted by Gasteiger charge is 2.72. The van der Waals surface area contributed by atoms with Crippen LogP contribution in [-0.4, -0.2) is 43.2 Å². The first-order chi connectivity index (χ1) is 20.9. The molecule has 2 heterocycles. The molecular formula is C36H28FNO5. The van der Waals surface area contributed by atoms with Crippen LogP contribution < -0.4 is 14.4 Å². The molecule has 43 heavy (non-hydrogen) atoms. The van der Waals surface area contributed by atoms with Crippen molar-refractivity contribution in [3.8, 4) is 11.5 Å². The van der Waals surface area contributed by atoms with Crippen molar-refractivity contribution < 1.29 is 28.2 Å². The number of methoxy groups -OCH3 is 1. The average molecular weight is 574 g/mol. The quantitative estimate of drug-likeness (QED) is 0.192. The predicted molar refractivity (Wildman–Crippen MR) is 161 cm³/mol. The Morgan fingerprint density at radius 2 is 1.58 bits per heavy atom. The molecule has 4 aromatic carbocycles. The monoisotopic (exact) mass is 573 g/mol. The number of carbonyl (C=O) groups excluding carboxylic acids is 3. The van der Waals surface area contributed by atoms with Gasteiger partial charge in [0.25, 0.3) is 0 Å². The van der Waals surface area contributed by atoms with Crippen molar-refractivity contribution in [3.05, 3.63) is 131 Å². The SMILES string of the molecule is CCOc1ccccc1[C@@H]1[C@@H](C(=O)c2ccc(OC)cc2)N2c3ccc(F)cc3C=C[C@@H]2C12C(=O)c1ccccc1C2=O. The first-order valence-corrected chi connectivity index (χ1v) is 14.3. The zero-order chi connectivity index (χ0) is 29.9. The summed E-state index contributed by atoms with van der Waals surface area (Å²) in [4.78, 5) is 46.2. The van der Waals surface area contributed by atoms with Gasteiger partial charge in [-0.15, -0.1) is 0 Å². The van der Waals surface area contributed by atoms with Crippen molar-refractivity contribution in [2.24, 2.45) is 5.41 Å². The van der Waals surface area contributed by atoms with Gasteiger partial charge in [-0.05, 0) is 55.5 Å². The Bertz CT molecular complexity index is 1790. The van der Waals surface area contributed by atoms with Gasteiger partial charge in [0.2, 0.25) is 0 Å². The molecule has 0 amide bonds. The van der Waals surface area contributed by atoms with E-state index in [4.69, 9.17) is 9.47 Å². The lowest BCUT2D eigenvalue weighted by Gasteiger charge is -2.37. The second-order valence-electron chi connectivity index (χ2n) is 11.0. The molecule has 2 aliphatic heterocycles. The van der Waals surface area contributed by atoms with Crippen molar-refractivity contribution in [3.63, 3.8) is 0 Å². The number of para-hydroxylation sites is 1. The summed E-state index contributed by atoms with van der Waals surface area (Å²) in [5.41, 5.74) is 1.13. The number of ether oxygens (including phenoxy) is 2. The van der Waals surface area contributed by atoms with E-state index in [1.165, 1.54) is 12.1 Å². The van der Waals surface area contributed by atoms with Crippen LogP contribution in [0.2, 0.25) is 0 Å². The number of ketones is 3. The number of hydrogen-bond donors (Lipinski definition) is 0. The molecule has 1 fully saturated rings. The predicted octanol–water partition coefficient (Wildman–Crippen LogP) is 6.55. The summed E-state index contributed by atoms with van der Waals surface area (Å²) < 4.78 is 25.8. The molecule has 1 aliphatic carbocycles. The normalized spacial score (nSPS) is 21.0. The Kier molecular flexibility index (Phi) is 6.27. The summed E-state index contributed by atoms with van der Waals surface area (Å²) in [6.45, 7) is 2.21. The zero-order valence-electron chi connectivity index (χ0n) is 23.6. The Morgan fingerprint density at radius 1 is 0.907 bits per heavy atom. The van der Waals surface area contributed by atoms with E-state index in [9.17, 15) is 18.8 Å². The number of nitrogens with zero attached hydrogens (tertiary/aromatic N) is 1. The standard InChI is InChI=1S/C36H28FNO5/c1-3-43-29-11-7-6-10-27(29)31-32(33(39)21-12-16-24(42-2)17-13-21)38-28-18-15-23(37)20-22(28)14-19-30(38)36(31)34(40)25-8-4-5-9-26(25)35(36)41/h4-20,30-32H,3H2,1-2H3/t30-,31-,32+/m1/s1. The number of halogens is 1. The fourth-order valence-corrected chi connectivity index (χ4v) is 7.24. The first kappa shape index (κ1) is 26.8. The zero-order valence-corrected chi connectivity index (χ0v) is 23.6. The largest absolute Gasteiger partial charge is 0.497 e. The average Bonchev–Trinajstić information content (AvgIpc) is 3.47. The minimum absolute atomic E-state index is 0.275. The molecule has 1 saturated heterocycles. The first-order valence-electron chi connectivity index (χ1n) is 14.3. The molecule has 3 aliphatic rings. The lowest BCUT2D eigenvalue weighted by Crippen LogP contribution is -2.48. The fourth-order valence-electron chi connectivity index (χ4n) is 7.24. The number of rotatable bonds is 6. The van der Waals surface area contributed by atoms with Gasteiger partial charge in [-0.1, -0.05) is 54.6 Å². The number of Topliss-reactive ketones (excluding diaryl/α,β-unsaturated/α-hetero) is 3. The van der Waals surface area contributed by atoms with Crippen LogP contribution in [0.1, 0.15) is 55.0 Å². The molecule has 0 aromatic heterocycles. The topological polar surface area (TPSA) is 72.9 Å². The van der Waals surface area contributed by atoms with Crippen LogP contribution in [0.3, 0.4) is 0 Å². The second-order valence-corrected chi connectivity index (χ2v) is 11.0. The van der Waals surface area contributed by atoms with Crippen LogP contribution in [0.15, 0.2) is 97.1 Å². The summed E-state index contributed by atoms with van der Waals surface area (Å²) in [6, 6.07) is 23.5. The van der Waals surface area contributed by atoms with Gasteiger partial charge in [-0.25, -0.2) is 4.39 Å². The third-order valence-corrected chi connectivity index (χ3v) is 8.96. The van der Waals surface area contributed by atoms with Gasteiger partial charge in [-0.3, -0.25) is 14.4 Å². The molecule has 214 valence electrons. The van der Waals surface area contributed by atoms with Crippen LogP contribution in [0.4, 0.5) is 10.1 Å². The Hall–Kier alpha value is -5.04. The number of carbonyl (C=O) groups is 3. The van der Waals surface area contributed by atoms with Crippen molar-refractivity contribution in [2.45, 2.75) is 24.9 Å². The van der Waals surface area contributed by atoms with Gasteiger partial charge in [0.1, 0.15) is 28.8 Å². The molecule has 0 radical (unpaired) electrons. The smallest absolute Gasteiger partial charge is 0.185 e. The van der Waals surface area contributed by atoms with Crippen molar-refractivity contribution in [1.29, 1.82) is 0 Å². The van der Waals surface area contributed by atoms with Crippen LogP contribution >= 0.6 is 0 Å². The van der Waals surface area contributed by atoms with E-state index in [-0.39, 0.29) is 17.3 Å². The summed E-state index contributed by atoms with van der Waals surface area (Å²) in [7, 11) is 1.55. The Labute approximate surface area is 248 Å². The molecule has 7 rings (SSSR count). The maximum atomic E-state index is 14.8. The summed E-state index contributed by atoms with van der Waals surface area (Å²) in [5, 5.41) is 0. The Balaban J connectivity index is 1.55. The van der Waals surface area contributed by atoms with E-state index in [0.29, 0.717) is 51.6 Å². The molecule has 4 aromatic rings. The van der Waals surface area contributed by atoms with E-state index in [1.54, 1.807) is 79.9 Å². The van der Waals surface area contributed by atoms with E-state index in [2.05, 4.69) is 0 Å². The van der Waals surface area contributed by atoms with Crippen molar-refractivity contribution in [1.82, 2.24) is 0 Å². The van der Waals surface area contributed by atoms with Crippen molar-refractivity contribution >= 4 is 29.1 Å². The maximum absolute atomic E-state index is 14.8. The lowest BCUT2D eigenvalue weighted by atomic mass is 9.64. The highest BCUT2D eigenvalue weighted by Crippen LogP contribution is 2.62. The number of anilines is 1. The molecule has 7 heteroatoms. The highest BCUT2D eigenvalue weighted by molar-refractivity contribution is 6.32. The third kappa shape index (κ3) is 3.74. The van der Waals surface area contributed by atoms with E-state index in [0.717, 1.165) is 0 Å². The summed E-state index contributed by atoms with van der Waals surface area (Å²) >= 11 is 0. The fraction of sp³-hybridized carbons (Fsp3) is 0.194. The van der Waals surface area contributed by atoms with Crippen molar-refractivity contribution in [2.75, 3.05) is 18.6 Å². The molecule has 0 N–H and O–H groups in total. The van der Waals surface area contributed by atoms with Gasteiger partial charge in [-0.2, -0.15) is 0 Å². The molecular weight excluding hydrogens is 545 g/mol. The molecule has 6 nitrogen and oxygen atoms in total. The number of benzene rings is 4. The van der Waals surface area contributed by atoms with Gasteiger partial charge in [0.15, 0.2) is 17.3 Å². The van der Waals surface area contributed by atoms with Crippen LogP contribution in [0.25, 0.3) is 6.08 Å². The van der Waals surface area contributed by atoms with E-state index < -0.39 is 29.2 Å².